The number of aryl methyl sites for hydroxylation is 1. The number of carboxylic acids is 1. The number of carbonyl (C=O) groups is 2. The van der Waals surface area contributed by atoms with Crippen LogP contribution in [0.15, 0.2) is 6.20 Å². The molecule has 1 aromatic rings. The molecule has 1 heterocycles. The van der Waals surface area contributed by atoms with Crippen molar-refractivity contribution in [2.24, 2.45) is 7.05 Å². The van der Waals surface area contributed by atoms with Crippen molar-refractivity contribution in [2.75, 3.05) is 14.2 Å². The first kappa shape index (κ1) is 13.2. The van der Waals surface area contributed by atoms with E-state index in [2.05, 4.69) is 9.84 Å². The Kier molecular flexibility index (Phi) is 4.22. The lowest BCUT2D eigenvalue weighted by Gasteiger charge is -2.09. The number of methoxy groups -OCH3 is 2. The number of esters is 1. The topological polar surface area (TPSA) is 90.6 Å². The molecule has 0 saturated carbocycles. The van der Waals surface area contributed by atoms with Crippen LogP contribution in [0.1, 0.15) is 16.1 Å². The van der Waals surface area contributed by atoms with Gasteiger partial charge in [0, 0.05) is 32.3 Å². The number of aromatic nitrogens is 2. The second-order valence-corrected chi connectivity index (χ2v) is 3.43. The molecule has 0 aliphatic rings. The third-order valence-electron chi connectivity index (χ3n) is 2.25. The van der Waals surface area contributed by atoms with Gasteiger partial charge < -0.3 is 14.6 Å². The third-order valence-corrected chi connectivity index (χ3v) is 2.25. The lowest BCUT2D eigenvalue weighted by atomic mass is 10.1. The first-order chi connectivity index (χ1) is 7.99. The van der Waals surface area contributed by atoms with Gasteiger partial charge >= 0.3 is 11.9 Å². The summed E-state index contributed by atoms with van der Waals surface area (Å²) in [5, 5.41) is 12.8. The minimum Gasteiger partial charge on any atom is -0.479 e. The van der Waals surface area contributed by atoms with E-state index < -0.39 is 18.0 Å². The molecule has 0 fully saturated rings. The molecule has 17 heavy (non-hydrogen) atoms. The van der Waals surface area contributed by atoms with Gasteiger partial charge in [0.25, 0.3) is 0 Å². The largest absolute Gasteiger partial charge is 0.479 e. The van der Waals surface area contributed by atoms with Crippen LogP contribution < -0.4 is 0 Å². The number of carbonyl (C=O) groups excluding carboxylic acids is 1. The summed E-state index contributed by atoms with van der Waals surface area (Å²) in [4.78, 5) is 22.2. The minimum atomic E-state index is -1.09. The Balaban J connectivity index is 2.97. The van der Waals surface area contributed by atoms with E-state index in [0.29, 0.717) is 5.56 Å². The van der Waals surface area contributed by atoms with Gasteiger partial charge in [-0.15, -0.1) is 0 Å². The number of hydrogen-bond donors (Lipinski definition) is 1. The highest BCUT2D eigenvalue weighted by atomic mass is 16.5. The van der Waals surface area contributed by atoms with Crippen molar-refractivity contribution in [1.82, 2.24) is 9.78 Å². The fraction of sp³-hybridized carbons (Fsp3) is 0.500. The van der Waals surface area contributed by atoms with E-state index in [0.717, 1.165) is 0 Å². The third kappa shape index (κ3) is 3.04. The van der Waals surface area contributed by atoms with E-state index >= 15 is 0 Å². The standard InChI is InChI=1S/C10H14N2O5/c1-12-5-6(4-7(16-2)9(13)14)8(11-12)10(15)17-3/h5,7H,4H2,1-3H3,(H,13,14). The van der Waals surface area contributed by atoms with E-state index in [4.69, 9.17) is 9.84 Å². The van der Waals surface area contributed by atoms with Gasteiger partial charge in [0.15, 0.2) is 11.8 Å². The van der Waals surface area contributed by atoms with E-state index in [1.165, 1.54) is 18.9 Å². The number of ether oxygens (including phenoxy) is 2. The number of aliphatic carboxylic acids is 1. The van der Waals surface area contributed by atoms with Crippen molar-refractivity contribution in [3.63, 3.8) is 0 Å². The molecule has 0 saturated heterocycles. The number of hydrogen-bond acceptors (Lipinski definition) is 5. The summed E-state index contributed by atoms with van der Waals surface area (Å²) in [6, 6.07) is 0. The molecule has 0 aromatic carbocycles. The van der Waals surface area contributed by atoms with Gasteiger partial charge in [0.2, 0.25) is 0 Å². The molecule has 0 aliphatic carbocycles. The van der Waals surface area contributed by atoms with Crippen LogP contribution in [0.4, 0.5) is 0 Å². The quantitative estimate of drug-likeness (QED) is 0.722. The molecule has 0 amide bonds. The van der Waals surface area contributed by atoms with Gasteiger partial charge in [-0.05, 0) is 0 Å². The van der Waals surface area contributed by atoms with Crippen molar-refractivity contribution in [2.45, 2.75) is 12.5 Å². The first-order valence-corrected chi connectivity index (χ1v) is 4.86. The van der Waals surface area contributed by atoms with Crippen molar-refractivity contribution >= 4 is 11.9 Å². The van der Waals surface area contributed by atoms with Crippen LogP contribution in [0.2, 0.25) is 0 Å². The second-order valence-electron chi connectivity index (χ2n) is 3.43. The average molecular weight is 242 g/mol. The summed E-state index contributed by atoms with van der Waals surface area (Å²) in [5.74, 6) is -1.69. The van der Waals surface area contributed by atoms with Gasteiger partial charge in [0.05, 0.1) is 7.11 Å². The van der Waals surface area contributed by atoms with Crippen molar-refractivity contribution in [3.05, 3.63) is 17.5 Å². The fourth-order valence-corrected chi connectivity index (χ4v) is 1.43. The van der Waals surface area contributed by atoms with Gasteiger partial charge in [-0.25, -0.2) is 9.59 Å². The maximum absolute atomic E-state index is 11.4. The average Bonchev–Trinajstić information content (AvgIpc) is 2.65. The molecular formula is C10H14N2O5. The van der Waals surface area contributed by atoms with E-state index in [9.17, 15) is 9.59 Å². The van der Waals surface area contributed by atoms with Crippen LogP contribution in [-0.2, 0) is 27.7 Å². The van der Waals surface area contributed by atoms with Crippen LogP contribution in [0.5, 0.6) is 0 Å². The predicted molar refractivity (Wildman–Crippen MR) is 56.7 cm³/mol. The summed E-state index contributed by atoms with van der Waals surface area (Å²) < 4.78 is 10.8. The van der Waals surface area contributed by atoms with Gasteiger partial charge in [-0.2, -0.15) is 5.10 Å². The lowest BCUT2D eigenvalue weighted by Crippen LogP contribution is -2.25. The van der Waals surface area contributed by atoms with Crippen LogP contribution >= 0.6 is 0 Å². The molecule has 7 nitrogen and oxygen atoms in total. The van der Waals surface area contributed by atoms with Crippen LogP contribution in [0.25, 0.3) is 0 Å². The van der Waals surface area contributed by atoms with E-state index in [-0.39, 0.29) is 12.1 Å². The maximum Gasteiger partial charge on any atom is 0.358 e. The summed E-state index contributed by atoms with van der Waals surface area (Å²) in [5.41, 5.74) is 0.590. The number of nitrogens with zero attached hydrogens (tertiary/aromatic N) is 2. The molecule has 1 N–H and O–H groups in total. The number of carboxylic acid groups (broad SMARTS) is 1. The van der Waals surface area contributed by atoms with E-state index in [1.54, 1.807) is 13.2 Å². The normalized spacial score (nSPS) is 12.2. The number of rotatable bonds is 5. The SMILES string of the molecule is COC(=O)c1nn(C)cc1CC(OC)C(=O)O. The Labute approximate surface area is 97.9 Å². The fourth-order valence-electron chi connectivity index (χ4n) is 1.43. The Bertz CT molecular complexity index is 426. The predicted octanol–water partition coefficient (Wildman–Crippen LogP) is -0.151. The monoisotopic (exact) mass is 242 g/mol. The van der Waals surface area contributed by atoms with Crippen LogP contribution in [0.3, 0.4) is 0 Å². The summed E-state index contributed by atoms with van der Waals surface area (Å²) in [6.07, 6.45) is 0.619. The minimum absolute atomic E-state index is 0.0596. The zero-order valence-corrected chi connectivity index (χ0v) is 9.84. The zero-order chi connectivity index (χ0) is 13.0. The van der Waals surface area contributed by atoms with Gasteiger partial charge in [-0.1, -0.05) is 0 Å². The Morgan fingerprint density at radius 3 is 2.65 bits per heavy atom. The molecule has 7 heteroatoms. The molecule has 0 radical (unpaired) electrons. The Hall–Kier alpha value is -1.89. The van der Waals surface area contributed by atoms with Crippen molar-refractivity contribution in [3.8, 4) is 0 Å². The summed E-state index contributed by atoms with van der Waals surface area (Å²) >= 11 is 0. The molecule has 1 aromatic heterocycles. The van der Waals surface area contributed by atoms with Gasteiger partial charge in [-0.3, -0.25) is 4.68 Å². The highest BCUT2D eigenvalue weighted by Crippen LogP contribution is 2.12. The Morgan fingerprint density at radius 1 is 1.53 bits per heavy atom. The highest BCUT2D eigenvalue weighted by Gasteiger charge is 2.23. The summed E-state index contributed by atoms with van der Waals surface area (Å²) in [7, 11) is 4.18. The molecule has 94 valence electrons. The van der Waals surface area contributed by atoms with E-state index in [1.807, 2.05) is 0 Å². The summed E-state index contributed by atoms with van der Waals surface area (Å²) in [6.45, 7) is 0. The smallest absolute Gasteiger partial charge is 0.358 e. The molecule has 0 bridgehead atoms. The molecule has 0 spiro atoms. The first-order valence-electron chi connectivity index (χ1n) is 4.86. The zero-order valence-electron chi connectivity index (χ0n) is 9.84. The molecule has 0 aliphatic heterocycles. The lowest BCUT2D eigenvalue weighted by molar-refractivity contribution is -0.148. The Morgan fingerprint density at radius 2 is 2.18 bits per heavy atom. The van der Waals surface area contributed by atoms with Crippen molar-refractivity contribution < 1.29 is 24.2 Å². The van der Waals surface area contributed by atoms with Crippen LogP contribution in [-0.4, -0.2) is 47.1 Å². The second kappa shape index (κ2) is 5.44. The van der Waals surface area contributed by atoms with Crippen molar-refractivity contribution in [1.29, 1.82) is 0 Å². The molecule has 1 unspecified atom stereocenters. The molecular weight excluding hydrogens is 228 g/mol. The molecule has 1 rings (SSSR count). The van der Waals surface area contributed by atoms with Crippen LogP contribution in [0, 0.1) is 0 Å². The van der Waals surface area contributed by atoms with Gasteiger partial charge in [0.1, 0.15) is 0 Å². The highest BCUT2D eigenvalue weighted by molar-refractivity contribution is 5.89. The maximum atomic E-state index is 11.4. The molecule has 1 atom stereocenters.